The van der Waals surface area contributed by atoms with Crippen LogP contribution in [0.1, 0.15) is 40.5 Å². The van der Waals surface area contributed by atoms with E-state index in [1.807, 2.05) is 0 Å². The number of hydrogen-bond donors (Lipinski definition) is 2. The lowest BCUT2D eigenvalue weighted by atomic mass is 9.57. The number of likely N-dealkylation sites (N-methyl/N-ethyl adjacent to an activating group) is 1. The molecule has 0 aromatic rings. The minimum Gasteiger partial charge on any atom is -0.377 e. The molecular weight excluding hydrogens is 240 g/mol. The van der Waals surface area contributed by atoms with Crippen LogP contribution >= 0.6 is 0 Å². The Morgan fingerprint density at radius 3 is 2.68 bits per heavy atom. The van der Waals surface area contributed by atoms with Gasteiger partial charge in [0.2, 0.25) is 5.91 Å². The fraction of sp³-hybridized carbons (Fsp3) is 0.933. The van der Waals surface area contributed by atoms with Crippen LogP contribution in [0.25, 0.3) is 0 Å². The molecule has 1 amide bonds. The van der Waals surface area contributed by atoms with Crippen LogP contribution in [0.5, 0.6) is 0 Å². The van der Waals surface area contributed by atoms with Gasteiger partial charge in [-0.15, -0.1) is 0 Å². The van der Waals surface area contributed by atoms with Crippen LogP contribution in [0.2, 0.25) is 0 Å². The molecule has 4 atom stereocenters. The summed E-state index contributed by atoms with van der Waals surface area (Å²) in [6.07, 6.45) is 2.37. The molecule has 1 saturated heterocycles. The molecule has 2 rings (SSSR count). The van der Waals surface area contributed by atoms with Gasteiger partial charge in [0.25, 0.3) is 0 Å². The zero-order valence-electron chi connectivity index (χ0n) is 12.8. The highest BCUT2D eigenvalue weighted by Gasteiger charge is 2.59. The molecule has 1 saturated carbocycles. The summed E-state index contributed by atoms with van der Waals surface area (Å²) in [7, 11) is 1.71. The van der Waals surface area contributed by atoms with E-state index in [9.17, 15) is 4.79 Å². The van der Waals surface area contributed by atoms with Crippen molar-refractivity contribution in [3.8, 4) is 0 Å². The van der Waals surface area contributed by atoms with E-state index in [4.69, 9.17) is 4.74 Å². The highest BCUT2D eigenvalue weighted by atomic mass is 16.5. The Morgan fingerprint density at radius 1 is 1.42 bits per heavy atom. The second-order valence-corrected chi connectivity index (χ2v) is 7.01. The second kappa shape index (κ2) is 5.41. The Morgan fingerprint density at radius 2 is 2.11 bits per heavy atom. The zero-order chi connectivity index (χ0) is 14.2. The van der Waals surface area contributed by atoms with Crippen LogP contribution in [0.4, 0.5) is 0 Å². The molecule has 2 fully saturated rings. The Bertz CT molecular complexity index is 341. The van der Waals surface area contributed by atoms with Gasteiger partial charge < -0.3 is 15.4 Å². The Balaban J connectivity index is 2.02. The number of fused-ring (bicyclic) bond motifs is 1. The molecule has 0 bridgehead atoms. The van der Waals surface area contributed by atoms with E-state index < -0.39 is 0 Å². The SMILES string of the molecule is CNC(=O)C(CC(C)C)NC1C2CCOC2C1(C)C. The predicted molar refractivity (Wildman–Crippen MR) is 75.9 cm³/mol. The number of ether oxygens (including phenoxy) is 1. The summed E-state index contributed by atoms with van der Waals surface area (Å²) in [6.45, 7) is 9.67. The second-order valence-electron chi connectivity index (χ2n) is 7.01. The molecule has 2 aliphatic rings. The molecule has 19 heavy (non-hydrogen) atoms. The molecule has 0 aromatic heterocycles. The third-order valence-electron chi connectivity index (χ3n) is 4.75. The van der Waals surface area contributed by atoms with E-state index in [-0.39, 0.29) is 17.4 Å². The van der Waals surface area contributed by atoms with Crippen molar-refractivity contribution in [3.63, 3.8) is 0 Å². The van der Waals surface area contributed by atoms with Gasteiger partial charge in [0.05, 0.1) is 12.1 Å². The first kappa shape index (κ1) is 14.8. The van der Waals surface area contributed by atoms with Gasteiger partial charge in [-0.2, -0.15) is 0 Å². The van der Waals surface area contributed by atoms with E-state index in [1.165, 1.54) is 0 Å². The summed E-state index contributed by atoms with van der Waals surface area (Å²) in [5.74, 6) is 1.19. The number of carbonyl (C=O) groups is 1. The number of rotatable bonds is 5. The summed E-state index contributed by atoms with van der Waals surface area (Å²) < 4.78 is 5.81. The highest BCUT2D eigenvalue weighted by Crippen LogP contribution is 2.52. The van der Waals surface area contributed by atoms with Crippen molar-refractivity contribution in [3.05, 3.63) is 0 Å². The Kier molecular flexibility index (Phi) is 4.21. The van der Waals surface area contributed by atoms with Crippen LogP contribution in [-0.2, 0) is 9.53 Å². The number of carbonyl (C=O) groups excluding carboxylic acids is 1. The van der Waals surface area contributed by atoms with Gasteiger partial charge in [-0.1, -0.05) is 27.7 Å². The average molecular weight is 268 g/mol. The molecule has 110 valence electrons. The summed E-state index contributed by atoms with van der Waals surface area (Å²) in [5, 5.41) is 6.38. The zero-order valence-corrected chi connectivity index (χ0v) is 12.8. The predicted octanol–water partition coefficient (Wildman–Crippen LogP) is 1.55. The van der Waals surface area contributed by atoms with Crippen LogP contribution < -0.4 is 10.6 Å². The van der Waals surface area contributed by atoms with Crippen molar-refractivity contribution in [2.45, 2.75) is 58.7 Å². The van der Waals surface area contributed by atoms with E-state index in [0.29, 0.717) is 24.0 Å². The van der Waals surface area contributed by atoms with Crippen LogP contribution in [0.15, 0.2) is 0 Å². The number of hydrogen-bond acceptors (Lipinski definition) is 3. The third-order valence-corrected chi connectivity index (χ3v) is 4.75. The van der Waals surface area contributed by atoms with Crippen LogP contribution in [0.3, 0.4) is 0 Å². The topological polar surface area (TPSA) is 50.4 Å². The molecule has 1 heterocycles. The molecular formula is C15H28N2O2. The van der Waals surface area contributed by atoms with Gasteiger partial charge in [-0.3, -0.25) is 4.79 Å². The number of amides is 1. The van der Waals surface area contributed by atoms with Gasteiger partial charge in [0, 0.05) is 31.0 Å². The van der Waals surface area contributed by atoms with Crippen molar-refractivity contribution >= 4 is 5.91 Å². The molecule has 0 radical (unpaired) electrons. The molecule has 4 nitrogen and oxygen atoms in total. The van der Waals surface area contributed by atoms with E-state index in [0.717, 1.165) is 19.4 Å². The maximum absolute atomic E-state index is 12.0. The van der Waals surface area contributed by atoms with Crippen LogP contribution in [-0.4, -0.2) is 37.7 Å². The molecule has 2 N–H and O–H groups in total. The molecule has 0 spiro atoms. The van der Waals surface area contributed by atoms with Gasteiger partial charge in [-0.25, -0.2) is 0 Å². The maximum Gasteiger partial charge on any atom is 0.236 e. The lowest BCUT2D eigenvalue weighted by Gasteiger charge is -2.55. The first-order valence-electron chi connectivity index (χ1n) is 7.47. The molecule has 0 aromatic carbocycles. The Labute approximate surface area is 116 Å². The molecule has 1 aliphatic carbocycles. The molecule has 4 heteroatoms. The lowest BCUT2D eigenvalue weighted by molar-refractivity contribution is -0.131. The minimum absolute atomic E-state index is 0.0872. The monoisotopic (exact) mass is 268 g/mol. The van der Waals surface area contributed by atoms with Crippen molar-refractivity contribution < 1.29 is 9.53 Å². The van der Waals surface area contributed by atoms with E-state index in [2.05, 4.69) is 38.3 Å². The van der Waals surface area contributed by atoms with E-state index >= 15 is 0 Å². The van der Waals surface area contributed by atoms with Gasteiger partial charge in [-0.05, 0) is 18.8 Å². The van der Waals surface area contributed by atoms with Crippen molar-refractivity contribution in [1.29, 1.82) is 0 Å². The number of nitrogens with one attached hydrogen (secondary N) is 2. The third kappa shape index (κ3) is 2.65. The molecule has 1 aliphatic heterocycles. The smallest absolute Gasteiger partial charge is 0.236 e. The standard InChI is InChI=1S/C15H28N2O2/c1-9(2)8-11(14(18)16-5)17-12-10-6-7-19-13(10)15(12,3)4/h9-13,17H,6-8H2,1-5H3,(H,16,18). The van der Waals surface area contributed by atoms with Gasteiger partial charge >= 0.3 is 0 Å². The quantitative estimate of drug-likeness (QED) is 0.795. The van der Waals surface area contributed by atoms with Crippen molar-refractivity contribution in [1.82, 2.24) is 10.6 Å². The van der Waals surface area contributed by atoms with Crippen LogP contribution in [0, 0.1) is 17.3 Å². The summed E-state index contributed by atoms with van der Waals surface area (Å²) in [4.78, 5) is 12.0. The first-order chi connectivity index (χ1) is 8.87. The average Bonchev–Trinajstić information content (AvgIpc) is 2.79. The Hall–Kier alpha value is -0.610. The summed E-state index contributed by atoms with van der Waals surface area (Å²) in [5.41, 5.74) is 0.129. The normalized spacial score (nSPS) is 33.7. The highest BCUT2D eigenvalue weighted by molar-refractivity contribution is 5.81. The minimum atomic E-state index is -0.0872. The lowest BCUT2D eigenvalue weighted by Crippen LogP contribution is -2.68. The van der Waals surface area contributed by atoms with Gasteiger partial charge in [0.1, 0.15) is 0 Å². The summed E-state index contributed by atoms with van der Waals surface area (Å²) in [6, 6.07) is 0.303. The first-order valence-corrected chi connectivity index (χ1v) is 7.47. The fourth-order valence-corrected chi connectivity index (χ4v) is 3.78. The largest absolute Gasteiger partial charge is 0.377 e. The fourth-order valence-electron chi connectivity index (χ4n) is 3.78. The van der Waals surface area contributed by atoms with E-state index in [1.54, 1.807) is 7.05 Å². The van der Waals surface area contributed by atoms with Gasteiger partial charge in [0.15, 0.2) is 0 Å². The van der Waals surface area contributed by atoms with Crippen molar-refractivity contribution in [2.75, 3.05) is 13.7 Å². The summed E-state index contributed by atoms with van der Waals surface area (Å²) >= 11 is 0. The molecule has 4 unspecified atom stereocenters. The maximum atomic E-state index is 12.0. The van der Waals surface area contributed by atoms with Crippen molar-refractivity contribution in [2.24, 2.45) is 17.3 Å².